The molecule has 1 aliphatic heterocycles. The molecule has 4 heteroatoms. The Morgan fingerprint density at radius 3 is 2.41 bits per heavy atom. The van der Waals surface area contributed by atoms with Crippen LogP contribution in [0, 0.1) is 17.6 Å². The number of hydrogen-bond donors (Lipinski definition) is 1. The number of benzene rings is 2. The smallest absolute Gasteiger partial charge is 0.165 e. The van der Waals surface area contributed by atoms with Gasteiger partial charge in [-0.2, -0.15) is 0 Å². The average molecular weight is 303 g/mol. The van der Waals surface area contributed by atoms with Crippen molar-refractivity contribution >= 4 is 0 Å². The predicted molar refractivity (Wildman–Crippen MR) is 82.2 cm³/mol. The van der Waals surface area contributed by atoms with Crippen LogP contribution in [-0.4, -0.2) is 13.1 Å². The van der Waals surface area contributed by atoms with Gasteiger partial charge >= 0.3 is 0 Å². The van der Waals surface area contributed by atoms with Crippen LogP contribution < -0.4 is 10.1 Å². The van der Waals surface area contributed by atoms with Crippen LogP contribution in [0.25, 0.3) is 0 Å². The molecule has 22 heavy (non-hydrogen) atoms. The average Bonchev–Trinajstić information content (AvgIpc) is 2.53. The molecule has 1 fully saturated rings. The van der Waals surface area contributed by atoms with Gasteiger partial charge in [0.2, 0.25) is 0 Å². The molecule has 0 saturated carbocycles. The van der Waals surface area contributed by atoms with Crippen LogP contribution in [0.2, 0.25) is 0 Å². The van der Waals surface area contributed by atoms with Gasteiger partial charge in [-0.3, -0.25) is 0 Å². The lowest BCUT2D eigenvalue weighted by Crippen LogP contribution is -2.28. The summed E-state index contributed by atoms with van der Waals surface area (Å²) >= 11 is 0. The number of piperidine rings is 1. The molecule has 0 bridgehead atoms. The Hall–Kier alpha value is -1.94. The van der Waals surface area contributed by atoms with E-state index in [1.165, 1.54) is 24.3 Å². The van der Waals surface area contributed by atoms with Crippen LogP contribution in [-0.2, 0) is 6.42 Å². The molecule has 1 N–H and O–H groups in total. The number of hydrogen-bond acceptors (Lipinski definition) is 2. The molecule has 2 aromatic carbocycles. The molecule has 0 atom stereocenters. The molecule has 1 aliphatic rings. The Labute approximate surface area is 129 Å². The van der Waals surface area contributed by atoms with E-state index in [9.17, 15) is 8.78 Å². The zero-order valence-electron chi connectivity index (χ0n) is 12.3. The molecule has 0 aromatic heterocycles. The summed E-state index contributed by atoms with van der Waals surface area (Å²) in [4.78, 5) is 0. The molecule has 1 saturated heterocycles. The summed E-state index contributed by atoms with van der Waals surface area (Å²) in [5.74, 6) is 0.484. The highest BCUT2D eigenvalue weighted by Gasteiger charge is 2.15. The molecule has 0 unspecified atom stereocenters. The molecule has 3 rings (SSSR count). The second-order valence-electron chi connectivity index (χ2n) is 5.72. The van der Waals surface area contributed by atoms with Crippen molar-refractivity contribution in [3.8, 4) is 11.5 Å². The minimum absolute atomic E-state index is 0.167. The fourth-order valence-corrected chi connectivity index (χ4v) is 2.80. The molecule has 2 nitrogen and oxygen atoms in total. The minimum atomic E-state index is -0.379. The first kappa shape index (κ1) is 15.0. The summed E-state index contributed by atoms with van der Waals surface area (Å²) in [5, 5.41) is 3.33. The van der Waals surface area contributed by atoms with E-state index >= 15 is 0 Å². The van der Waals surface area contributed by atoms with Gasteiger partial charge in [-0.15, -0.1) is 0 Å². The lowest BCUT2D eigenvalue weighted by molar-refractivity contribution is 0.371. The van der Waals surface area contributed by atoms with E-state index in [4.69, 9.17) is 4.74 Å². The van der Waals surface area contributed by atoms with Crippen molar-refractivity contribution in [1.82, 2.24) is 5.32 Å². The Balaban J connectivity index is 1.67. The summed E-state index contributed by atoms with van der Waals surface area (Å²) in [6.07, 6.45) is 3.17. The highest BCUT2D eigenvalue weighted by Crippen LogP contribution is 2.27. The van der Waals surface area contributed by atoms with Gasteiger partial charge < -0.3 is 10.1 Å². The van der Waals surface area contributed by atoms with Crippen molar-refractivity contribution in [1.29, 1.82) is 0 Å². The van der Waals surface area contributed by atoms with Crippen LogP contribution >= 0.6 is 0 Å². The van der Waals surface area contributed by atoms with Gasteiger partial charge in [0.05, 0.1) is 0 Å². The lowest BCUT2D eigenvalue weighted by Gasteiger charge is -2.22. The van der Waals surface area contributed by atoms with Crippen LogP contribution in [0.1, 0.15) is 18.4 Å². The second-order valence-corrected chi connectivity index (χ2v) is 5.72. The van der Waals surface area contributed by atoms with Gasteiger partial charge in [0.1, 0.15) is 11.6 Å². The number of nitrogens with one attached hydrogen (secondary N) is 1. The highest BCUT2D eigenvalue weighted by atomic mass is 19.1. The molecular weight excluding hydrogens is 284 g/mol. The van der Waals surface area contributed by atoms with E-state index in [0.717, 1.165) is 37.9 Å². The summed E-state index contributed by atoms with van der Waals surface area (Å²) in [5.41, 5.74) is 0.996. The predicted octanol–water partition coefficient (Wildman–Crippen LogP) is 4.30. The molecule has 0 aliphatic carbocycles. The molecule has 2 aromatic rings. The first-order valence-electron chi connectivity index (χ1n) is 7.63. The third-order valence-corrected chi connectivity index (χ3v) is 4.02. The normalized spacial score (nSPS) is 15.7. The lowest BCUT2D eigenvalue weighted by atomic mass is 9.91. The van der Waals surface area contributed by atoms with E-state index in [-0.39, 0.29) is 17.4 Å². The Kier molecular flexibility index (Phi) is 4.68. The van der Waals surface area contributed by atoms with Gasteiger partial charge in [0.15, 0.2) is 11.6 Å². The van der Waals surface area contributed by atoms with Gasteiger partial charge in [0, 0.05) is 0 Å². The van der Waals surface area contributed by atoms with E-state index in [2.05, 4.69) is 5.32 Å². The topological polar surface area (TPSA) is 21.3 Å². The van der Waals surface area contributed by atoms with Crippen molar-refractivity contribution < 1.29 is 13.5 Å². The monoisotopic (exact) mass is 303 g/mol. The third-order valence-electron chi connectivity index (χ3n) is 4.02. The quantitative estimate of drug-likeness (QED) is 0.909. The van der Waals surface area contributed by atoms with Crippen LogP contribution in [0.3, 0.4) is 0 Å². The maximum Gasteiger partial charge on any atom is 0.165 e. The van der Waals surface area contributed by atoms with Gasteiger partial charge in [-0.05, 0) is 80.2 Å². The number of ether oxygens (including phenoxy) is 1. The van der Waals surface area contributed by atoms with Crippen molar-refractivity contribution in [3.63, 3.8) is 0 Å². The molecule has 116 valence electrons. The zero-order chi connectivity index (χ0) is 15.4. The maximum absolute atomic E-state index is 14.2. The summed E-state index contributed by atoms with van der Waals surface area (Å²) in [7, 11) is 0. The van der Waals surface area contributed by atoms with E-state index in [1.807, 2.05) is 6.07 Å². The first-order valence-corrected chi connectivity index (χ1v) is 7.63. The van der Waals surface area contributed by atoms with E-state index < -0.39 is 0 Å². The Morgan fingerprint density at radius 2 is 1.73 bits per heavy atom. The number of rotatable bonds is 4. The fourth-order valence-electron chi connectivity index (χ4n) is 2.80. The molecule has 0 spiro atoms. The van der Waals surface area contributed by atoms with Crippen LogP contribution in [0.4, 0.5) is 8.78 Å². The fraction of sp³-hybridized carbons (Fsp3) is 0.333. The summed E-state index contributed by atoms with van der Waals surface area (Å²) < 4.78 is 32.5. The van der Waals surface area contributed by atoms with Crippen molar-refractivity contribution in [2.75, 3.05) is 13.1 Å². The van der Waals surface area contributed by atoms with Crippen molar-refractivity contribution in [2.45, 2.75) is 19.3 Å². The molecule has 1 heterocycles. The minimum Gasteiger partial charge on any atom is -0.454 e. The summed E-state index contributed by atoms with van der Waals surface area (Å²) in [6, 6.07) is 10.6. The van der Waals surface area contributed by atoms with Crippen molar-refractivity contribution in [3.05, 3.63) is 59.7 Å². The zero-order valence-corrected chi connectivity index (χ0v) is 12.3. The SMILES string of the molecule is Fc1ccc(Oc2ccc(CC3CCNCC3)cc2F)cc1. The third kappa shape index (κ3) is 3.83. The Morgan fingerprint density at radius 1 is 1.00 bits per heavy atom. The van der Waals surface area contributed by atoms with Gasteiger partial charge in [-0.25, -0.2) is 8.78 Å². The maximum atomic E-state index is 14.2. The van der Waals surface area contributed by atoms with Gasteiger partial charge in [0.25, 0.3) is 0 Å². The second kappa shape index (κ2) is 6.88. The van der Waals surface area contributed by atoms with Gasteiger partial charge in [-0.1, -0.05) is 6.07 Å². The van der Waals surface area contributed by atoms with E-state index in [0.29, 0.717) is 11.7 Å². The van der Waals surface area contributed by atoms with Crippen LogP contribution in [0.5, 0.6) is 11.5 Å². The molecular formula is C18H19F2NO. The van der Waals surface area contributed by atoms with Crippen molar-refractivity contribution in [2.24, 2.45) is 5.92 Å². The van der Waals surface area contributed by atoms with Crippen LogP contribution in [0.15, 0.2) is 42.5 Å². The van der Waals surface area contributed by atoms with E-state index in [1.54, 1.807) is 12.1 Å². The largest absolute Gasteiger partial charge is 0.454 e. The summed E-state index contributed by atoms with van der Waals surface area (Å²) in [6.45, 7) is 2.08. The molecule has 0 radical (unpaired) electrons. The molecule has 0 amide bonds. The standard InChI is InChI=1S/C18H19F2NO/c19-15-2-4-16(5-3-15)22-18-6-1-14(12-17(18)20)11-13-7-9-21-10-8-13/h1-6,12-13,21H,7-11H2. The Bertz CT molecular complexity index is 621. The highest BCUT2D eigenvalue weighted by molar-refractivity contribution is 5.34. The number of halogens is 2. The first-order chi connectivity index (χ1) is 10.7.